The average molecular weight is 275 g/mol. The molecule has 102 valence electrons. The van der Waals surface area contributed by atoms with Crippen molar-refractivity contribution in [1.82, 2.24) is 10.6 Å². The molecule has 8 heteroatoms. The van der Waals surface area contributed by atoms with Crippen molar-refractivity contribution in [1.29, 1.82) is 0 Å². The second kappa shape index (κ2) is 6.62. The van der Waals surface area contributed by atoms with Crippen molar-refractivity contribution in [3.8, 4) is 0 Å². The van der Waals surface area contributed by atoms with Gasteiger partial charge in [0, 0.05) is 26.7 Å². The van der Waals surface area contributed by atoms with Gasteiger partial charge < -0.3 is 25.8 Å². The number of rotatable bonds is 5. The molecule has 1 heterocycles. The van der Waals surface area contributed by atoms with E-state index in [0.29, 0.717) is 19.6 Å². The lowest BCUT2D eigenvalue weighted by Gasteiger charge is -2.25. The molecular formula is C10H17N3O4S. The molecule has 0 aromatic heterocycles. The summed E-state index contributed by atoms with van der Waals surface area (Å²) in [6.45, 7) is 1.21. The summed E-state index contributed by atoms with van der Waals surface area (Å²) in [4.78, 5) is 22.9. The molecule has 1 rings (SSSR count). The third kappa shape index (κ3) is 4.21. The third-order valence-corrected chi connectivity index (χ3v) is 2.84. The van der Waals surface area contributed by atoms with Crippen LogP contribution in [0.3, 0.4) is 0 Å². The van der Waals surface area contributed by atoms with Crippen LogP contribution < -0.4 is 16.4 Å². The molecule has 1 fully saturated rings. The summed E-state index contributed by atoms with van der Waals surface area (Å²) in [7, 11) is 1.55. The van der Waals surface area contributed by atoms with Crippen LogP contribution in [0.5, 0.6) is 0 Å². The van der Waals surface area contributed by atoms with Gasteiger partial charge >= 0.3 is 11.8 Å². The van der Waals surface area contributed by atoms with Gasteiger partial charge in [0.05, 0.1) is 18.1 Å². The number of carbonyl (C=O) groups excluding carboxylic acids is 2. The molecule has 18 heavy (non-hydrogen) atoms. The van der Waals surface area contributed by atoms with E-state index in [2.05, 4.69) is 22.9 Å². The molecule has 1 unspecified atom stereocenters. The highest BCUT2D eigenvalue weighted by molar-refractivity contribution is 7.80. The zero-order valence-corrected chi connectivity index (χ0v) is 11.0. The van der Waals surface area contributed by atoms with Crippen molar-refractivity contribution in [3.05, 3.63) is 0 Å². The fraction of sp³-hybridized carbons (Fsp3) is 0.700. The SMILES string of the molecule is COC1(CNC(=O)C(=O)NCC(N)=S)CCOC1. The van der Waals surface area contributed by atoms with E-state index in [1.54, 1.807) is 7.11 Å². The number of ether oxygens (including phenoxy) is 2. The van der Waals surface area contributed by atoms with Gasteiger partial charge in [0.1, 0.15) is 5.60 Å². The van der Waals surface area contributed by atoms with Gasteiger partial charge in [-0.05, 0) is 0 Å². The summed E-state index contributed by atoms with van der Waals surface area (Å²) in [5.74, 6) is -1.51. The maximum Gasteiger partial charge on any atom is 0.309 e. The van der Waals surface area contributed by atoms with Gasteiger partial charge in [0.15, 0.2) is 0 Å². The van der Waals surface area contributed by atoms with E-state index in [9.17, 15) is 9.59 Å². The Hall–Kier alpha value is -1.25. The zero-order chi connectivity index (χ0) is 13.6. The van der Waals surface area contributed by atoms with Crippen molar-refractivity contribution < 1.29 is 19.1 Å². The highest BCUT2D eigenvalue weighted by Gasteiger charge is 2.35. The quantitative estimate of drug-likeness (QED) is 0.409. The Bertz CT molecular complexity index is 342. The van der Waals surface area contributed by atoms with Gasteiger partial charge in [-0.3, -0.25) is 9.59 Å². The van der Waals surface area contributed by atoms with E-state index in [4.69, 9.17) is 15.2 Å². The summed E-state index contributed by atoms with van der Waals surface area (Å²) in [6, 6.07) is 0. The number of carbonyl (C=O) groups is 2. The number of hydrogen-bond acceptors (Lipinski definition) is 5. The molecule has 1 atom stereocenters. The standard InChI is InChI=1S/C10H17N3O4S/c1-16-10(2-3-17-6-10)5-13-9(15)8(14)12-4-7(11)18/h2-6H2,1H3,(H2,11,18)(H,12,14)(H,13,15). The number of nitrogens with two attached hydrogens (primary N) is 1. The lowest BCUT2D eigenvalue weighted by atomic mass is 10.0. The van der Waals surface area contributed by atoms with Crippen molar-refractivity contribution in [3.63, 3.8) is 0 Å². The second-order valence-electron chi connectivity index (χ2n) is 4.02. The number of methoxy groups -OCH3 is 1. The molecule has 2 amide bonds. The fourth-order valence-corrected chi connectivity index (χ4v) is 1.60. The summed E-state index contributed by atoms with van der Waals surface area (Å²) in [5, 5.41) is 4.80. The van der Waals surface area contributed by atoms with Gasteiger partial charge in [0.25, 0.3) is 0 Å². The van der Waals surface area contributed by atoms with Crippen LogP contribution >= 0.6 is 12.2 Å². The van der Waals surface area contributed by atoms with Gasteiger partial charge in [-0.15, -0.1) is 0 Å². The minimum absolute atomic E-state index is 0.000117. The maximum atomic E-state index is 11.5. The second-order valence-corrected chi connectivity index (χ2v) is 4.55. The first-order chi connectivity index (χ1) is 8.49. The molecule has 1 aliphatic rings. The first kappa shape index (κ1) is 14.8. The first-order valence-electron chi connectivity index (χ1n) is 5.46. The topological polar surface area (TPSA) is 103 Å². The van der Waals surface area contributed by atoms with Crippen LogP contribution in [0, 0.1) is 0 Å². The van der Waals surface area contributed by atoms with E-state index in [1.807, 2.05) is 0 Å². The summed E-state index contributed by atoms with van der Waals surface area (Å²) >= 11 is 4.58. The summed E-state index contributed by atoms with van der Waals surface area (Å²) in [5.41, 5.74) is 4.66. The molecule has 0 aromatic rings. The predicted molar refractivity (Wildman–Crippen MR) is 68.0 cm³/mol. The molecule has 0 aromatic carbocycles. The van der Waals surface area contributed by atoms with E-state index < -0.39 is 17.4 Å². The predicted octanol–water partition coefficient (Wildman–Crippen LogP) is -1.69. The van der Waals surface area contributed by atoms with E-state index >= 15 is 0 Å². The van der Waals surface area contributed by atoms with Crippen molar-refractivity contribution in [2.24, 2.45) is 5.73 Å². The molecule has 4 N–H and O–H groups in total. The summed E-state index contributed by atoms with van der Waals surface area (Å²) in [6.07, 6.45) is 0.679. The van der Waals surface area contributed by atoms with Crippen LogP contribution in [0.4, 0.5) is 0 Å². The molecule has 0 radical (unpaired) electrons. The zero-order valence-electron chi connectivity index (χ0n) is 10.2. The largest absolute Gasteiger partial charge is 0.392 e. The summed E-state index contributed by atoms with van der Waals surface area (Å²) < 4.78 is 10.5. The molecule has 0 saturated carbocycles. The molecule has 7 nitrogen and oxygen atoms in total. The van der Waals surface area contributed by atoms with Crippen molar-refractivity contribution in [2.45, 2.75) is 12.0 Å². The smallest absolute Gasteiger partial charge is 0.309 e. The average Bonchev–Trinajstić information content (AvgIpc) is 2.82. The molecule has 0 bridgehead atoms. The lowest BCUT2D eigenvalue weighted by molar-refractivity contribution is -0.139. The normalized spacial score (nSPS) is 22.5. The van der Waals surface area contributed by atoms with Crippen molar-refractivity contribution >= 4 is 29.0 Å². The highest BCUT2D eigenvalue weighted by atomic mass is 32.1. The van der Waals surface area contributed by atoms with Gasteiger partial charge in [-0.2, -0.15) is 0 Å². The van der Waals surface area contributed by atoms with Gasteiger partial charge in [-0.1, -0.05) is 12.2 Å². The molecule has 0 spiro atoms. The Morgan fingerprint density at radius 1 is 1.44 bits per heavy atom. The third-order valence-electron chi connectivity index (χ3n) is 2.70. The van der Waals surface area contributed by atoms with Crippen LogP contribution in [0.25, 0.3) is 0 Å². The van der Waals surface area contributed by atoms with Gasteiger partial charge in [0.2, 0.25) is 0 Å². The minimum atomic E-state index is -0.770. The fourth-order valence-electron chi connectivity index (χ4n) is 1.53. The Morgan fingerprint density at radius 2 is 2.11 bits per heavy atom. The molecule has 1 aliphatic heterocycles. The van der Waals surface area contributed by atoms with E-state index in [1.165, 1.54) is 0 Å². The van der Waals surface area contributed by atoms with Crippen LogP contribution in [-0.4, -0.2) is 55.8 Å². The Morgan fingerprint density at radius 3 is 2.61 bits per heavy atom. The van der Waals surface area contributed by atoms with Crippen LogP contribution in [-0.2, 0) is 19.1 Å². The Balaban J connectivity index is 2.35. The van der Waals surface area contributed by atoms with E-state index in [0.717, 1.165) is 0 Å². The number of thiocarbonyl (C=S) groups is 1. The Kier molecular flexibility index (Phi) is 5.45. The highest BCUT2D eigenvalue weighted by Crippen LogP contribution is 2.21. The van der Waals surface area contributed by atoms with Crippen molar-refractivity contribution in [2.75, 3.05) is 33.4 Å². The Labute approximate surface area is 110 Å². The molecular weight excluding hydrogens is 258 g/mol. The number of hydrogen-bond donors (Lipinski definition) is 3. The monoisotopic (exact) mass is 275 g/mol. The first-order valence-corrected chi connectivity index (χ1v) is 5.87. The lowest BCUT2D eigenvalue weighted by Crippen LogP contribution is -2.49. The molecule has 0 aliphatic carbocycles. The number of nitrogens with one attached hydrogen (secondary N) is 2. The maximum absolute atomic E-state index is 11.5. The van der Waals surface area contributed by atoms with E-state index in [-0.39, 0.29) is 18.1 Å². The van der Waals surface area contributed by atoms with Crippen LogP contribution in [0.1, 0.15) is 6.42 Å². The van der Waals surface area contributed by atoms with Crippen LogP contribution in [0.2, 0.25) is 0 Å². The van der Waals surface area contributed by atoms with Gasteiger partial charge in [-0.25, -0.2) is 0 Å². The molecule has 1 saturated heterocycles. The van der Waals surface area contributed by atoms with Crippen LogP contribution in [0.15, 0.2) is 0 Å². The number of amides is 2. The minimum Gasteiger partial charge on any atom is -0.392 e.